The molecular formula is C20H31NO3. The topological polar surface area (TPSA) is 42.7 Å². The molecule has 1 aromatic carbocycles. The highest BCUT2D eigenvalue weighted by molar-refractivity contribution is 5.80. The van der Waals surface area contributed by atoms with Crippen LogP contribution in [0.25, 0.3) is 11.0 Å². The van der Waals surface area contributed by atoms with Crippen molar-refractivity contribution >= 4 is 17.4 Å². The minimum Gasteiger partial charge on any atom is -0.471 e. The quantitative estimate of drug-likeness (QED) is 0.775. The van der Waals surface area contributed by atoms with Gasteiger partial charge in [0.25, 0.3) is 6.47 Å². The molecule has 1 aliphatic heterocycles. The van der Waals surface area contributed by atoms with Crippen molar-refractivity contribution in [2.45, 2.75) is 46.1 Å². The van der Waals surface area contributed by atoms with Gasteiger partial charge in [0.2, 0.25) is 0 Å². The van der Waals surface area contributed by atoms with Gasteiger partial charge in [-0.25, -0.2) is 0 Å². The van der Waals surface area contributed by atoms with Crippen LogP contribution in [0.2, 0.25) is 0 Å². The molecule has 1 fully saturated rings. The lowest BCUT2D eigenvalue weighted by molar-refractivity contribution is -0.126. The lowest BCUT2D eigenvalue weighted by Crippen LogP contribution is -2.26. The van der Waals surface area contributed by atoms with Gasteiger partial charge in [0.1, 0.15) is 5.58 Å². The highest BCUT2D eigenvalue weighted by Crippen LogP contribution is 2.25. The number of methoxy groups -OCH3 is 1. The summed E-state index contributed by atoms with van der Waals surface area (Å²) < 4.78 is 9.44. The fourth-order valence-electron chi connectivity index (χ4n) is 2.68. The molecule has 2 aromatic rings. The Morgan fingerprint density at radius 2 is 1.96 bits per heavy atom. The first-order valence-corrected chi connectivity index (χ1v) is 8.61. The van der Waals surface area contributed by atoms with Gasteiger partial charge >= 0.3 is 0 Å². The van der Waals surface area contributed by atoms with E-state index >= 15 is 0 Å². The highest BCUT2D eigenvalue weighted by atomic mass is 16.5. The summed E-state index contributed by atoms with van der Waals surface area (Å²) in [6.07, 6.45) is 5.69. The summed E-state index contributed by atoms with van der Waals surface area (Å²) in [5, 5.41) is 1.28. The van der Waals surface area contributed by atoms with Crippen molar-refractivity contribution in [3.63, 3.8) is 0 Å². The Balaban J connectivity index is 0.000000306. The molecule has 0 aliphatic carbocycles. The third kappa shape index (κ3) is 6.75. The molecular weight excluding hydrogens is 302 g/mol. The zero-order valence-corrected chi connectivity index (χ0v) is 15.6. The second kappa shape index (κ2) is 10.9. The van der Waals surface area contributed by atoms with Crippen molar-refractivity contribution in [1.82, 2.24) is 4.90 Å². The van der Waals surface area contributed by atoms with Gasteiger partial charge in [0.15, 0.2) is 0 Å². The average molecular weight is 333 g/mol. The summed E-state index contributed by atoms with van der Waals surface area (Å²) >= 11 is 0. The number of para-hydroxylation sites is 1. The van der Waals surface area contributed by atoms with Gasteiger partial charge in [0, 0.05) is 11.4 Å². The maximum Gasteiger partial charge on any atom is 0.292 e. The normalized spacial score (nSPS) is 17.0. The molecule has 1 aliphatic rings. The standard InChI is InChI=1S/C14H17NO.C4H10.C2H4O2/c1-15-8-4-5-12(15)9-11-10-16-14-7-3-2-6-13(11)14;1-4(2)3;1-4-2-3/h2-3,6-7,10,12H,4-5,8-9H2,1H3;4H,1-3H3;2H,1H3. The third-order valence-corrected chi connectivity index (χ3v) is 3.78. The van der Waals surface area contributed by atoms with Gasteiger partial charge in [-0.05, 0) is 50.4 Å². The van der Waals surface area contributed by atoms with Gasteiger partial charge in [-0.1, -0.05) is 39.0 Å². The van der Waals surface area contributed by atoms with Crippen LogP contribution in [0.15, 0.2) is 34.9 Å². The van der Waals surface area contributed by atoms with E-state index in [0.717, 1.165) is 17.9 Å². The van der Waals surface area contributed by atoms with Crippen LogP contribution >= 0.6 is 0 Å². The van der Waals surface area contributed by atoms with E-state index in [1.165, 1.54) is 37.4 Å². The Hall–Kier alpha value is -1.81. The van der Waals surface area contributed by atoms with Gasteiger partial charge in [0.05, 0.1) is 13.4 Å². The summed E-state index contributed by atoms with van der Waals surface area (Å²) in [4.78, 5) is 11.4. The monoisotopic (exact) mass is 333 g/mol. The Morgan fingerprint density at radius 1 is 1.33 bits per heavy atom. The van der Waals surface area contributed by atoms with Crippen molar-refractivity contribution in [2.75, 3.05) is 20.7 Å². The van der Waals surface area contributed by atoms with Crippen LogP contribution in [-0.4, -0.2) is 38.1 Å². The van der Waals surface area contributed by atoms with Crippen molar-refractivity contribution in [3.05, 3.63) is 36.1 Å². The molecule has 24 heavy (non-hydrogen) atoms. The molecule has 0 saturated carbocycles. The fraction of sp³-hybridized carbons (Fsp3) is 0.550. The van der Waals surface area contributed by atoms with E-state index < -0.39 is 0 Å². The van der Waals surface area contributed by atoms with Gasteiger partial charge < -0.3 is 14.1 Å². The molecule has 0 amide bonds. The third-order valence-electron chi connectivity index (χ3n) is 3.78. The van der Waals surface area contributed by atoms with Crippen LogP contribution in [-0.2, 0) is 16.0 Å². The van der Waals surface area contributed by atoms with Crippen molar-refractivity contribution < 1.29 is 13.9 Å². The molecule has 134 valence electrons. The van der Waals surface area contributed by atoms with Crippen LogP contribution in [0.4, 0.5) is 0 Å². The lowest BCUT2D eigenvalue weighted by Gasteiger charge is -2.18. The first-order valence-electron chi connectivity index (χ1n) is 8.61. The second-order valence-electron chi connectivity index (χ2n) is 6.80. The number of ether oxygens (including phenoxy) is 1. The van der Waals surface area contributed by atoms with Gasteiger partial charge in [-0.15, -0.1) is 0 Å². The minimum absolute atomic E-state index is 0.375. The number of carbonyl (C=O) groups is 1. The van der Waals surface area contributed by atoms with E-state index in [1.807, 2.05) is 18.4 Å². The van der Waals surface area contributed by atoms with Crippen LogP contribution in [0.3, 0.4) is 0 Å². The number of hydrogen-bond donors (Lipinski definition) is 0. The highest BCUT2D eigenvalue weighted by Gasteiger charge is 2.22. The molecule has 4 nitrogen and oxygen atoms in total. The number of hydrogen-bond acceptors (Lipinski definition) is 4. The number of rotatable bonds is 3. The number of fused-ring (bicyclic) bond motifs is 1. The van der Waals surface area contributed by atoms with Crippen molar-refractivity contribution in [1.29, 1.82) is 0 Å². The number of furan rings is 1. The largest absolute Gasteiger partial charge is 0.471 e. The van der Waals surface area contributed by atoms with Crippen LogP contribution in [0, 0.1) is 5.92 Å². The molecule has 4 heteroatoms. The number of nitrogens with zero attached hydrogens (tertiary/aromatic N) is 1. The average Bonchev–Trinajstić information content (AvgIpc) is 3.15. The fourth-order valence-corrected chi connectivity index (χ4v) is 2.68. The van der Waals surface area contributed by atoms with Gasteiger partial charge in [-0.2, -0.15) is 0 Å². The lowest BCUT2D eigenvalue weighted by atomic mass is 10.0. The molecule has 0 N–H and O–H groups in total. The number of carbonyl (C=O) groups excluding carboxylic acids is 1. The summed E-state index contributed by atoms with van der Waals surface area (Å²) in [5.41, 5.74) is 2.37. The summed E-state index contributed by atoms with van der Waals surface area (Å²) in [5.74, 6) is 0.833. The predicted molar refractivity (Wildman–Crippen MR) is 99.2 cm³/mol. The van der Waals surface area contributed by atoms with E-state index in [-0.39, 0.29) is 0 Å². The molecule has 0 radical (unpaired) electrons. The zero-order chi connectivity index (χ0) is 17.9. The Bertz CT molecular complexity index is 589. The first-order chi connectivity index (χ1) is 11.5. The van der Waals surface area contributed by atoms with E-state index in [0.29, 0.717) is 12.5 Å². The number of likely N-dealkylation sites (N-methyl/N-ethyl adjacent to an activating group) is 1. The van der Waals surface area contributed by atoms with Crippen molar-refractivity contribution in [3.8, 4) is 0 Å². The van der Waals surface area contributed by atoms with E-state index in [9.17, 15) is 0 Å². The summed E-state index contributed by atoms with van der Waals surface area (Å²) in [6, 6.07) is 9.00. The summed E-state index contributed by atoms with van der Waals surface area (Å²) in [6.45, 7) is 8.11. The zero-order valence-electron chi connectivity index (χ0n) is 15.6. The Morgan fingerprint density at radius 3 is 2.50 bits per heavy atom. The van der Waals surface area contributed by atoms with E-state index in [1.54, 1.807) is 0 Å². The predicted octanol–water partition coefficient (Wildman–Crippen LogP) is 4.52. The molecule has 1 unspecified atom stereocenters. The van der Waals surface area contributed by atoms with Crippen LogP contribution in [0.5, 0.6) is 0 Å². The second-order valence-corrected chi connectivity index (χ2v) is 6.80. The molecule has 0 bridgehead atoms. The SMILES string of the molecule is CC(C)C.CN1CCCC1Cc1coc2ccccc12.COC=O. The van der Waals surface area contributed by atoms with Crippen LogP contribution < -0.4 is 0 Å². The van der Waals surface area contributed by atoms with Crippen LogP contribution in [0.1, 0.15) is 39.2 Å². The maximum absolute atomic E-state index is 8.95. The molecule has 1 atom stereocenters. The Kier molecular flexibility index (Phi) is 9.16. The molecule has 1 saturated heterocycles. The summed E-state index contributed by atoms with van der Waals surface area (Å²) in [7, 11) is 3.53. The number of benzene rings is 1. The maximum atomic E-state index is 8.95. The number of likely N-dealkylation sites (tertiary alicyclic amines) is 1. The van der Waals surface area contributed by atoms with E-state index in [4.69, 9.17) is 9.21 Å². The molecule has 1 aromatic heterocycles. The molecule has 2 heterocycles. The smallest absolute Gasteiger partial charge is 0.292 e. The molecule has 3 rings (SSSR count). The molecule has 0 spiro atoms. The van der Waals surface area contributed by atoms with E-state index in [2.05, 4.69) is 49.6 Å². The minimum atomic E-state index is 0.375. The van der Waals surface area contributed by atoms with Gasteiger partial charge in [-0.3, -0.25) is 4.79 Å². The van der Waals surface area contributed by atoms with Crippen molar-refractivity contribution in [2.24, 2.45) is 5.92 Å². The Labute approximate surface area is 145 Å². The first kappa shape index (κ1) is 20.2.